The highest BCUT2D eigenvalue weighted by Gasteiger charge is 2.37. The van der Waals surface area contributed by atoms with E-state index in [0.29, 0.717) is 30.4 Å². The SMILES string of the molecule is COC(=O)C1=C(N)n2c(sc(=Cc3ccccc3Cl)c2=O)=C(C#N)C1c1ccccc1Cl. The highest BCUT2D eigenvalue weighted by molar-refractivity contribution is 7.07. The highest BCUT2D eigenvalue weighted by Crippen LogP contribution is 2.39. The third-order valence-electron chi connectivity index (χ3n) is 5.08. The smallest absolute Gasteiger partial charge is 0.338 e. The number of fused-ring (bicyclic) bond motifs is 1. The number of benzene rings is 2. The van der Waals surface area contributed by atoms with Crippen LogP contribution in [-0.2, 0) is 9.53 Å². The Labute approximate surface area is 196 Å². The van der Waals surface area contributed by atoms with Crippen molar-refractivity contribution < 1.29 is 9.53 Å². The van der Waals surface area contributed by atoms with Gasteiger partial charge in [-0.25, -0.2) is 4.79 Å². The molecule has 9 heteroatoms. The van der Waals surface area contributed by atoms with Gasteiger partial charge < -0.3 is 10.5 Å². The molecule has 1 unspecified atom stereocenters. The Morgan fingerprint density at radius 1 is 1.19 bits per heavy atom. The molecule has 0 bridgehead atoms. The Balaban J connectivity index is 2.12. The van der Waals surface area contributed by atoms with Crippen molar-refractivity contribution in [2.75, 3.05) is 7.11 Å². The summed E-state index contributed by atoms with van der Waals surface area (Å²) in [6.45, 7) is 0. The molecule has 1 aromatic heterocycles. The second-order valence-corrected chi connectivity index (χ2v) is 8.69. The fraction of sp³-hybridized carbons (Fsp3) is 0.0870. The lowest BCUT2D eigenvalue weighted by Gasteiger charge is -2.25. The molecule has 0 saturated heterocycles. The number of aromatic nitrogens is 1. The third kappa shape index (κ3) is 3.53. The molecule has 32 heavy (non-hydrogen) atoms. The van der Waals surface area contributed by atoms with Gasteiger partial charge in [0.1, 0.15) is 10.5 Å². The quantitative estimate of drug-likeness (QED) is 0.577. The maximum atomic E-state index is 13.3. The minimum Gasteiger partial charge on any atom is -0.466 e. The van der Waals surface area contributed by atoms with Crippen molar-refractivity contribution in [3.63, 3.8) is 0 Å². The fourth-order valence-corrected chi connectivity index (χ4v) is 5.17. The number of hydrogen-bond donors (Lipinski definition) is 1. The summed E-state index contributed by atoms with van der Waals surface area (Å²) in [5, 5.41) is 10.9. The molecular formula is C23H15Cl2N3O3S. The summed E-state index contributed by atoms with van der Waals surface area (Å²) in [5.41, 5.74) is 7.19. The summed E-state index contributed by atoms with van der Waals surface area (Å²) in [6, 6.07) is 16.1. The minimum atomic E-state index is -0.882. The Morgan fingerprint density at radius 2 is 1.84 bits per heavy atom. The van der Waals surface area contributed by atoms with E-state index >= 15 is 0 Å². The second kappa shape index (κ2) is 8.67. The Bertz CT molecular complexity index is 1510. The number of hydrogen-bond acceptors (Lipinski definition) is 6. The van der Waals surface area contributed by atoms with Gasteiger partial charge in [-0.05, 0) is 29.3 Å². The molecule has 1 aliphatic heterocycles. The van der Waals surface area contributed by atoms with Crippen molar-refractivity contribution >= 4 is 58.0 Å². The van der Waals surface area contributed by atoms with E-state index in [9.17, 15) is 14.9 Å². The van der Waals surface area contributed by atoms with Crippen molar-refractivity contribution in [1.29, 1.82) is 5.26 Å². The van der Waals surface area contributed by atoms with E-state index in [2.05, 4.69) is 6.07 Å². The largest absolute Gasteiger partial charge is 0.466 e. The van der Waals surface area contributed by atoms with Crippen LogP contribution in [0.3, 0.4) is 0 Å². The summed E-state index contributed by atoms with van der Waals surface area (Å²) < 4.78 is 6.75. The van der Waals surface area contributed by atoms with E-state index in [-0.39, 0.29) is 17.0 Å². The lowest BCUT2D eigenvalue weighted by Crippen LogP contribution is -2.40. The monoisotopic (exact) mass is 483 g/mol. The van der Waals surface area contributed by atoms with Gasteiger partial charge in [0.25, 0.3) is 5.56 Å². The molecule has 2 N–H and O–H groups in total. The molecule has 0 radical (unpaired) electrons. The first kappa shape index (κ1) is 21.9. The molecule has 0 spiro atoms. The maximum Gasteiger partial charge on any atom is 0.338 e. The average Bonchev–Trinajstić information content (AvgIpc) is 3.11. The first-order valence-electron chi connectivity index (χ1n) is 9.34. The van der Waals surface area contributed by atoms with E-state index in [1.54, 1.807) is 54.6 Å². The molecule has 0 fully saturated rings. The molecular weight excluding hydrogens is 469 g/mol. The summed E-state index contributed by atoms with van der Waals surface area (Å²) >= 11 is 13.7. The van der Waals surface area contributed by atoms with E-state index in [4.69, 9.17) is 33.7 Å². The Hall–Kier alpha value is -3.31. The van der Waals surface area contributed by atoms with Crippen LogP contribution in [-0.4, -0.2) is 17.6 Å². The number of methoxy groups -OCH3 is 1. The Kier molecular flexibility index (Phi) is 5.94. The van der Waals surface area contributed by atoms with Crippen molar-refractivity contribution in [3.8, 4) is 6.07 Å². The summed E-state index contributed by atoms with van der Waals surface area (Å²) in [5.74, 6) is -1.73. The van der Waals surface area contributed by atoms with Gasteiger partial charge in [-0.1, -0.05) is 59.6 Å². The second-order valence-electron chi connectivity index (χ2n) is 6.85. The highest BCUT2D eigenvalue weighted by atomic mass is 35.5. The third-order valence-corrected chi connectivity index (χ3v) is 6.88. The van der Waals surface area contributed by atoms with Crippen LogP contribution in [0.4, 0.5) is 0 Å². The topological polar surface area (TPSA) is 98.1 Å². The predicted molar refractivity (Wildman–Crippen MR) is 125 cm³/mol. The van der Waals surface area contributed by atoms with Gasteiger partial charge in [0.15, 0.2) is 0 Å². The number of carbonyl (C=O) groups is 1. The van der Waals surface area contributed by atoms with Crippen LogP contribution in [0, 0.1) is 11.3 Å². The van der Waals surface area contributed by atoms with Crippen LogP contribution in [0.25, 0.3) is 17.5 Å². The number of esters is 1. The molecule has 0 amide bonds. The van der Waals surface area contributed by atoms with Gasteiger partial charge in [0.2, 0.25) is 0 Å². The first-order chi connectivity index (χ1) is 15.4. The van der Waals surface area contributed by atoms with Crippen molar-refractivity contribution in [2.24, 2.45) is 5.73 Å². The number of ether oxygens (including phenoxy) is 1. The lowest BCUT2D eigenvalue weighted by molar-refractivity contribution is -0.136. The maximum absolute atomic E-state index is 13.3. The van der Waals surface area contributed by atoms with Crippen LogP contribution in [0.1, 0.15) is 17.0 Å². The molecule has 160 valence electrons. The first-order valence-corrected chi connectivity index (χ1v) is 10.9. The van der Waals surface area contributed by atoms with Crippen LogP contribution in [0.15, 0.2) is 58.9 Å². The zero-order chi connectivity index (χ0) is 23.0. The van der Waals surface area contributed by atoms with Gasteiger partial charge in [-0.2, -0.15) is 5.26 Å². The van der Waals surface area contributed by atoms with Gasteiger partial charge in [-0.15, -0.1) is 11.3 Å². The van der Waals surface area contributed by atoms with Crippen LogP contribution in [0.5, 0.6) is 0 Å². The Morgan fingerprint density at radius 3 is 2.47 bits per heavy atom. The molecule has 0 aliphatic carbocycles. The standard InChI is InChI=1S/C23H15Cl2N3O3S/c1-31-23(30)19-18(13-7-3-5-9-16(13)25)14(11-26)22-28(20(19)27)21(29)17(32-22)10-12-6-2-4-8-15(12)24/h2-10,18H,27H2,1H3. The molecule has 2 aromatic carbocycles. The number of halogens is 2. The molecule has 4 rings (SSSR count). The zero-order valence-electron chi connectivity index (χ0n) is 16.6. The molecule has 1 atom stereocenters. The molecule has 0 saturated carbocycles. The number of thiazole rings is 1. The van der Waals surface area contributed by atoms with Gasteiger partial charge in [0.05, 0.1) is 34.8 Å². The summed E-state index contributed by atoms with van der Waals surface area (Å²) in [6.07, 6.45) is 1.63. The number of carbonyl (C=O) groups excluding carboxylic acids is 1. The van der Waals surface area contributed by atoms with E-state index in [1.165, 1.54) is 11.7 Å². The lowest BCUT2D eigenvalue weighted by atomic mass is 9.84. The van der Waals surface area contributed by atoms with Gasteiger partial charge in [0, 0.05) is 10.0 Å². The number of nitriles is 1. The van der Waals surface area contributed by atoms with E-state index in [0.717, 1.165) is 11.3 Å². The zero-order valence-corrected chi connectivity index (χ0v) is 19.0. The van der Waals surface area contributed by atoms with Crippen molar-refractivity contribution in [3.05, 3.63) is 94.8 Å². The van der Waals surface area contributed by atoms with Crippen molar-refractivity contribution in [1.82, 2.24) is 4.57 Å². The normalized spacial score (nSPS) is 16.0. The molecule has 6 nitrogen and oxygen atoms in total. The van der Waals surface area contributed by atoms with Crippen LogP contribution >= 0.6 is 34.5 Å². The number of rotatable bonds is 3. The van der Waals surface area contributed by atoms with Crippen molar-refractivity contribution in [2.45, 2.75) is 5.92 Å². The molecule has 3 aromatic rings. The summed E-state index contributed by atoms with van der Waals surface area (Å²) in [4.78, 5) is 26.0. The van der Waals surface area contributed by atoms with Crippen LogP contribution < -0.4 is 20.5 Å². The number of nitrogens with zero attached hydrogens (tertiary/aromatic N) is 2. The molecule has 1 aliphatic rings. The van der Waals surface area contributed by atoms with Crippen LogP contribution in [0.2, 0.25) is 10.0 Å². The number of nitrogens with two attached hydrogens (primary N) is 1. The fourth-order valence-electron chi connectivity index (χ4n) is 3.62. The molecule has 2 heterocycles. The van der Waals surface area contributed by atoms with E-state index in [1.807, 2.05) is 0 Å². The average molecular weight is 484 g/mol. The van der Waals surface area contributed by atoms with Gasteiger partial charge >= 0.3 is 5.97 Å². The summed E-state index contributed by atoms with van der Waals surface area (Å²) in [7, 11) is 1.21. The van der Waals surface area contributed by atoms with E-state index < -0.39 is 17.4 Å². The predicted octanol–water partition coefficient (Wildman–Crippen LogP) is 2.82. The van der Waals surface area contributed by atoms with Gasteiger partial charge in [-0.3, -0.25) is 9.36 Å². The minimum absolute atomic E-state index is 0.0196.